The zero-order valence-electron chi connectivity index (χ0n) is 32.1. The van der Waals surface area contributed by atoms with Crippen molar-refractivity contribution in [1.82, 2.24) is 30.2 Å². The van der Waals surface area contributed by atoms with Crippen molar-refractivity contribution < 1.29 is 59.0 Å². The van der Waals surface area contributed by atoms with E-state index in [1.54, 1.807) is 36.4 Å². The van der Waals surface area contributed by atoms with Gasteiger partial charge in [0.05, 0.1) is 18.9 Å². The summed E-state index contributed by atoms with van der Waals surface area (Å²) in [7, 11) is -2.55. The van der Waals surface area contributed by atoms with Crippen LogP contribution in [0.3, 0.4) is 0 Å². The highest BCUT2D eigenvalue weighted by Gasteiger charge is 2.62. The van der Waals surface area contributed by atoms with Crippen molar-refractivity contribution in [3.63, 3.8) is 0 Å². The minimum atomic E-state index is -5.31. The number of alkyl halides is 3. The lowest BCUT2D eigenvalue weighted by Crippen LogP contribution is -2.58. The molecule has 4 amide bonds. The number of nitrogens with one attached hydrogen (secondary N) is 3. The molecular formula is C40H40F4N6O9S. The number of amides is 4. The third-order valence-electron chi connectivity index (χ3n) is 11.3. The first-order valence-electron chi connectivity index (χ1n) is 19.5. The summed E-state index contributed by atoms with van der Waals surface area (Å²) in [5.74, 6) is -5.93. The molecule has 15 nitrogen and oxygen atoms in total. The fraction of sp³-hybridized carbons (Fsp3) is 0.450. The number of furan rings is 1. The van der Waals surface area contributed by atoms with E-state index in [2.05, 4.69) is 20.0 Å². The number of methoxy groups -OCH3 is 1. The Kier molecular flexibility index (Phi) is 10.7. The Balaban J connectivity index is 1.17. The Morgan fingerprint density at radius 3 is 2.60 bits per heavy atom. The third-order valence-corrected chi connectivity index (χ3v) is 13.1. The molecule has 8 rings (SSSR count). The summed E-state index contributed by atoms with van der Waals surface area (Å²) in [6.45, 7) is -0.400. The molecule has 0 spiro atoms. The Morgan fingerprint density at radius 1 is 1.05 bits per heavy atom. The molecule has 3 N–H and O–H groups in total. The number of hydrogen-bond donors (Lipinski definition) is 3. The predicted molar refractivity (Wildman–Crippen MR) is 205 cm³/mol. The maximum atomic E-state index is 14.5. The van der Waals surface area contributed by atoms with Crippen LogP contribution in [0.2, 0.25) is 0 Å². The Morgan fingerprint density at radius 2 is 1.85 bits per heavy atom. The minimum Gasteiger partial charge on any atom is -0.497 e. The average Bonchev–Trinajstić information content (AvgIpc) is 4.11. The van der Waals surface area contributed by atoms with E-state index in [1.807, 2.05) is 5.32 Å². The molecule has 2 aliphatic carbocycles. The molecule has 2 aliphatic heterocycles. The quantitative estimate of drug-likeness (QED) is 0.166. The number of rotatable bonds is 8. The van der Waals surface area contributed by atoms with Gasteiger partial charge in [0.15, 0.2) is 5.82 Å². The van der Waals surface area contributed by atoms with Crippen molar-refractivity contribution in [3.05, 3.63) is 60.4 Å². The Labute approximate surface area is 340 Å². The number of ether oxygens (including phenoxy) is 2. The van der Waals surface area contributed by atoms with E-state index in [0.717, 1.165) is 4.90 Å². The molecule has 5 atom stereocenters. The van der Waals surface area contributed by atoms with Crippen molar-refractivity contribution >= 4 is 55.7 Å². The number of aromatic nitrogens is 2. The van der Waals surface area contributed by atoms with Crippen LogP contribution in [0.1, 0.15) is 57.8 Å². The summed E-state index contributed by atoms with van der Waals surface area (Å²) in [5.41, 5.74) is -0.820. The molecule has 0 unspecified atom stereocenters. The number of carbonyl (C=O) groups excluding carboxylic acids is 4. The first-order chi connectivity index (χ1) is 28.6. The van der Waals surface area contributed by atoms with Crippen molar-refractivity contribution in [2.75, 3.05) is 13.7 Å². The van der Waals surface area contributed by atoms with Gasteiger partial charge in [0.1, 0.15) is 46.4 Å². The molecule has 2 aromatic heterocycles. The smallest absolute Gasteiger partial charge is 0.471 e. The van der Waals surface area contributed by atoms with Crippen LogP contribution in [0, 0.1) is 11.7 Å². The van der Waals surface area contributed by atoms with Gasteiger partial charge in [-0.25, -0.2) is 17.8 Å². The molecule has 4 aliphatic rings. The van der Waals surface area contributed by atoms with E-state index < -0.39 is 87.1 Å². The maximum absolute atomic E-state index is 14.5. The number of carbonyl (C=O) groups is 4. The standard InChI is InChI=1S/C40H40F4N6O9S/c1-57-24-10-7-8-21(16-24)33-46-31-27-17-23(41)12-15-30(27)59-32(31)35(47-33)58-25-18-29-34(51)48-39(37(53)49-60(55,56)26-13-14-26)19-22(39)9-5-3-2-4-6-11-28(36(52)50(29)20-25)45-38(54)40(42,43)44/h5,7-10,12,15-17,22,25-26,28-29H,2-4,6,11,13-14,18-20H2,1H3,(H,45,54)(H,48,51)(H,49,53)/b9-5-/t22-,25-,28+,29+,39-/m1/s1. The van der Waals surface area contributed by atoms with Gasteiger partial charge in [-0.05, 0) is 68.9 Å². The lowest BCUT2D eigenvalue weighted by Gasteiger charge is -2.30. The molecule has 20 heteroatoms. The van der Waals surface area contributed by atoms with Crippen LogP contribution >= 0.6 is 0 Å². The third kappa shape index (κ3) is 8.20. The van der Waals surface area contributed by atoms with Crippen LogP contribution < -0.4 is 24.8 Å². The number of fused-ring (bicyclic) bond motifs is 5. The molecule has 0 bridgehead atoms. The van der Waals surface area contributed by atoms with E-state index >= 15 is 0 Å². The number of halogens is 4. The topological polar surface area (TPSA) is 199 Å². The van der Waals surface area contributed by atoms with Crippen molar-refractivity contribution in [1.29, 1.82) is 0 Å². The zero-order valence-corrected chi connectivity index (χ0v) is 32.9. The summed E-state index contributed by atoms with van der Waals surface area (Å²) < 4.78 is 101. The van der Waals surface area contributed by atoms with Gasteiger partial charge >= 0.3 is 12.1 Å². The molecule has 2 saturated carbocycles. The average molecular weight is 857 g/mol. The maximum Gasteiger partial charge on any atom is 0.471 e. The molecule has 60 heavy (non-hydrogen) atoms. The van der Waals surface area contributed by atoms with Crippen molar-refractivity contribution in [3.8, 4) is 23.0 Å². The van der Waals surface area contributed by atoms with E-state index in [0.29, 0.717) is 48.8 Å². The normalized spacial score (nSPS) is 25.6. The molecule has 0 radical (unpaired) electrons. The highest BCUT2D eigenvalue weighted by Crippen LogP contribution is 2.46. The van der Waals surface area contributed by atoms with E-state index in [4.69, 9.17) is 13.9 Å². The van der Waals surface area contributed by atoms with Crippen LogP contribution in [0.5, 0.6) is 11.6 Å². The number of hydrogen-bond acceptors (Lipinski definition) is 11. The Hall–Kier alpha value is -5.79. The molecule has 4 heterocycles. The number of sulfonamides is 1. The van der Waals surface area contributed by atoms with Gasteiger partial charge in [0.2, 0.25) is 27.4 Å². The number of allylic oxidation sites excluding steroid dienone is 1. The van der Waals surface area contributed by atoms with Crippen LogP contribution in [0.15, 0.2) is 59.0 Å². The van der Waals surface area contributed by atoms with Gasteiger partial charge in [-0.3, -0.25) is 23.9 Å². The fourth-order valence-corrected chi connectivity index (χ4v) is 9.17. The first kappa shape index (κ1) is 41.0. The minimum absolute atomic E-state index is 0.00194. The molecule has 318 valence electrons. The van der Waals surface area contributed by atoms with Gasteiger partial charge in [0.25, 0.3) is 11.8 Å². The summed E-state index contributed by atoms with van der Waals surface area (Å²) in [6, 6.07) is 7.39. The lowest BCUT2D eigenvalue weighted by molar-refractivity contribution is -0.175. The molecule has 2 aromatic carbocycles. The number of benzene rings is 2. The molecule has 4 aromatic rings. The second kappa shape index (κ2) is 15.7. The zero-order chi connectivity index (χ0) is 42.6. The molecule has 1 saturated heterocycles. The molecular weight excluding hydrogens is 817 g/mol. The van der Waals surface area contributed by atoms with Gasteiger partial charge in [-0.1, -0.05) is 37.1 Å². The summed E-state index contributed by atoms with van der Waals surface area (Å²) in [5, 5.41) is 4.05. The number of nitrogens with zero attached hydrogens (tertiary/aromatic N) is 3. The van der Waals surface area contributed by atoms with Crippen LogP contribution in [0.4, 0.5) is 17.6 Å². The second-order valence-electron chi connectivity index (χ2n) is 15.5. The van der Waals surface area contributed by atoms with Crippen molar-refractivity contribution in [2.24, 2.45) is 5.92 Å². The van der Waals surface area contributed by atoms with E-state index in [-0.39, 0.29) is 54.1 Å². The first-order valence-corrected chi connectivity index (χ1v) is 21.0. The van der Waals surface area contributed by atoms with E-state index in [9.17, 15) is 45.2 Å². The van der Waals surface area contributed by atoms with Crippen molar-refractivity contribution in [2.45, 2.75) is 92.9 Å². The van der Waals surface area contributed by atoms with Gasteiger partial charge in [0, 0.05) is 23.3 Å². The highest BCUT2D eigenvalue weighted by atomic mass is 32.2. The van der Waals surface area contributed by atoms with Gasteiger partial charge < -0.3 is 29.4 Å². The van der Waals surface area contributed by atoms with Gasteiger partial charge in [-0.15, -0.1) is 0 Å². The highest BCUT2D eigenvalue weighted by molar-refractivity contribution is 7.91. The summed E-state index contributed by atoms with van der Waals surface area (Å²) in [4.78, 5) is 65.0. The largest absolute Gasteiger partial charge is 0.497 e. The predicted octanol–water partition coefficient (Wildman–Crippen LogP) is 4.59. The van der Waals surface area contributed by atoms with Crippen LogP contribution in [-0.2, 0) is 29.2 Å². The fourth-order valence-electron chi connectivity index (χ4n) is 7.81. The second-order valence-corrected chi connectivity index (χ2v) is 17.5. The monoisotopic (exact) mass is 856 g/mol. The molecule has 3 fully saturated rings. The summed E-state index contributed by atoms with van der Waals surface area (Å²) in [6.07, 6.45) is -0.792. The van der Waals surface area contributed by atoms with Crippen LogP contribution in [0.25, 0.3) is 33.5 Å². The van der Waals surface area contributed by atoms with Gasteiger partial charge in [-0.2, -0.15) is 18.2 Å². The Bertz CT molecular complexity index is 2530. The van der Waals surface area contributed by atoms with Crippen LogP contribution in [-0.4, -0.2) is 95.7 Å². The summed E-state index contributed by atoms with van der Waals surface area (Å²) >= 11 is 0. The van der Waals surface area contributed by atoms with E-state index in [1.165, 1.54) is 25.3 Å². The lowest BCUT2D eigenvalue weighted by atomic mass is 10.0. The SMILES string of the molecule is COc1cccc(-c2nc(O[C@@H]3C[C@H]4C(=O)N[C@]5(C(=O)NS(=O)(=O)C6CC6)C[C@H]5/C=C\CCCCC[C@H](NC(=O)C(F)(F)F)C(=O)N4C3)c3oc4ccc(F)cc4c3n2)c1.